The van der Waals surface area contributed by atoms with Crippen molar-refractivity contribution in [1.82, 2.24) is 0 Å². The van der Waals surface area contributed by atoms with E-state index in [0.29, 0.717) is 5.69 Å². The number of thioether (sulfide) groups is 1. The van der Waals surface area contributed by atoms with Crippen LogP contribution in [0.15, 0.2) is 40.1 Å². The second-order valence-electron chi connectivity index (χ2n) is 2.88. The number of para-hydroxylation sites is 1. The van der Waals surface area contributed by atoms with Gasteiger partial charge in [0, 0.05) is 4.90 Å². The van der Waals surface area contributed by atoms with Crippen molar-refractivity contribution < 1.29 is 14.7 Å². The second-order valence-corrected chi connectivity index (χ2v) is 3.96. The van der Waals surface area contributed by atoms with E-state index in [1.807, 2.05) is 12.1 Å². The van der Waals surface area contributed by atoms with Gasteiger partial charge in [0.1, 0.15) is 0 Å². The Kier molecular flexibility index (Phi) is 2.47. The van der Waals surface area contributed by atoms with Gasteiger partial charge in [-0.05, 0) is 18.2 Å². The highest BCUT2D eigenvalue weighted by Crippen LogP contribution is 2.37. The first kappa shape index (κ1) is 9.79. The summed E-state index contributed by atoms with van der Waals surface area (Å²) in [7, 11) is 0. The number of amides is 1. The fourth-order valence-corrected chi connectivity index (χ4v) is 2.12. The number of nitrogens with one attached hydrogen (secondary N) is 1. The molecule has 0 aliphatic carbocycles. The van der Waals surface area contributed by atoms with Crippen LogP contribution in [-0.4, -0.2) is 11.9 Å². The third-order valence-corrected chi connectivity index (χ3v) is 2.93. The molecule has 0 atom stereocenters. The van der Waals surface area contributed by atoms with Gasteiger partial charge < -0.3 is 15.2 Å². The molecule has 0 aromatic heterocycles. The number of rotatable bonds is 1. The van der Waals surface area contributed by atoms with Crippen LogP contribution < -0.4 is 10.4 Å². The lowest BCUT2D eigenvalue weighted by Gasteiger charge is -2.18. The first-order chi connectivity index (χ1) is 7.16. The molecule has 5 heteroatoms. The predicted octanol–water partition coefficient (Wildman–Crippen LogP) is 0.365. The van der Waals surface area contributed by atoms with Crippen molar-refractivity contribution in [3.05, 3.63) is 35.2 Å². The molecule has 1 amide bonds. The van der Waals surface area contributed by atoms with Gasteiger partial charge in [-0.2, -0.15) is 0 Å². The minimum absolute atomic E-state index is 0.133. The SMILES string of the molecule is O=C([O-])/C=C1/Sc2ccccc2NC1=O. The monoisotopic (exact) mass is 220 g/mol. The summed E-state index contributed by atoms with van der Waals surface area (Å²) < 4.78 is 0. The van der Waals surface area contributed by atoms with Crippen molar-refractivity contribution in [3.63, 3.8) is 0 Å². The predicted molar refractivity (Wildman–Crippen MR) is 54.0 cm³/mol. The zero-order valence-corrected chi connectivity index (χ0v) is 8.34. The van der Waals surface area contributed by atoms with E-state index in [4.69, 9.17) is 0 Å². The number of carbonyl (C=O) groups excluding carboxylic acids is 2. The average molecular weight is 220 g/mol. The van der Waals surface area contributed by atoms with Crippen molar-refractivity contribution in [3.8, 4) is 0 Å². The van der Waals surface area contributed by atoms with E-state index in [-0.39, 0.29) is 4.91 Å². The normalized spacial score (nSPS) is 17.1. The van der Waals surface area contributed by atoms with Crippen molar-refractivity contribution in [2.24, 2.45) is 0 Å². The molecule has 1 aromatic rings. The summed E-state index contributed by atoms with van der Waals surface area (Å²) in [6.07, 6.45) is 0.802. The number of carboxylic acid groups (broad SMARTS) is 1. The first-order valence-corrected chi connectivity index (χ1v) is 4.99. The lowest BCUT2D eigenvalue weighted by atomic mass is 10.3. The number of benzene rings is 1. The molecule has 1 N–H and O–H groups in total. The smallest absolute Gasteiger partial charge is 0.262 e. The Balaban J connectivity index is 2.38. The van der Waals surface area contributed by atoms with Crippen LogP contribution in [0, 0.1) is 0 Å². The van der Waals surface area contributed by atoms with Crippen LogP contribution in [0.25, 0.3) is 0 Å². The Bertz CT molecular complexity index is 467. The van der Waals surface area contributed by atoms with Gasteiger partial charge in [-0.3, -0.25) is 4.79 Å². The van der Waals surface area contributed by atoms with Crippen molar-refractivity contribution in [1.29, 1.82) is 0 Å². The number of carbonyl (C=O) groups is 2. The van der Waals surface area contributed by atoms with Gasteiger partial charge in [0.05, 0.1) is 16.6 Å². The third kappa shape index (κ3) is 2.02. The molecule has 1 aliphatic rings. The molecule has 0 radical (unpaired) electrons. The maximum absolute atomic E-state index is 11.4. The number of aliphatic carboxylic acids is 1. The number of fused-ring (bicyclic) bond motifs is 1. The highest BCUT2D eigenvalue weighted by molar-refractivity contribution is 8.04. The van der Waals surface area contributed by atoms with Crippen LogP contribution >= 0.6 is 11.8 Å². The molecule has 0 bridgehead atoms. The molecule has 1 aromatic carbocycles. The number of hydrogen-bond acceptors (Lipinski definition) is 4. The number of hydrogen-bond donors (Lipinski definition) is 1. The highest BCUT2D eigenvalue weighted by Gasteiger charge is 2.19. The molecular formula is C10H6NO3S-. The van der Waals surface area contributed by atoms with Gasteiger partial charge in [0.2, 0.25) is 0 Å². The van der Waals surface area contributed by atoms with Gasteiger partial charge in [-0.15, -0.1) is 0 Å². The summed E-state index contributed by atoms with van der Waals surface area (Å²) in [6, 6.07) is 7.19. The topological polar surface area (TPSA) is 69.2 Å². The lowest BCUT2D eigenvalue weighted by molar-refractivity contribution is -0.297. The minimum atomic E-state index is -1.37. The summed E-state index contributed by atoms with van der Waals surface area (Å²) in [4.78, 5) is 22.7. The maximum Gasteiger partial charge on any atom is 0.262 e. The molecule has 0 unspecified atom stereocenters. The molecule has 0 spiro atoms. The van der Waals surface area contributed by atoms with E-state index in [2.05, 4.69) is 5.32 Å². The van der Waals surface area contributed by atoms with E-state index >= 15 is 0 Å². The molecule has 0 saturated carbocycles. The van der Waals surface area contributed by atoms with E-state index < -0.39 is 11.9 Å². The molecular weight excluding hydrogens is 214 g/mol. The van der Waals surface area contributed by atoms with Crippen LogP contribution in [0.1, 0.15) is 0 Å². The molecule has 15 heavy (non-hydrogen) atoms. The van der Waals surface area contributed by atoms with E-state index in [1.165, 1.54) is 0 Å². The fourth-order valence-electron chi connectivity index (χ4n) is 1.21. The quantitative estimate of drug-likeness (QED) is 0.694. The molecule has 76 valence electrons. The van der Waals surface area contributed by atoms with Crippen molar-refractivity contribution in [2.75, 3.05) is 5.32 Å². The van der Waals surface area contributed by atoms with Crippen LogP contribution in [0.3, 0.4) is 0 Å². The fraction of sp³-hybridized carbons (Fsp3) is 0. The Morgan fingerprint density at radius 2 is 2.13 bits per heavy atom. The number of carboxylic acids is 1. The van der Waals surface area contributed by atoms with E-state index in [1.54, 1.807) is 12.1 Å². The Morgan fingerprint density at radius 3 is 2.87 bits per heavy atom. The Morgan fingerprint density at radius 1 is 1.40 bits per heavy atom. The third-order valence-electron chi connectivity index (χ3n) is 1.83. The van der Waals surface area contributed by atoms with Gasteiger partial charge in [-0.25, -0.2) is 0 Å². The molecule has 1 aliphatic heterocycles. The number of anilines is 1. The lowest BCUT2D eigenvalue weighted by Crippen LogP contribution is -2.23. The molecule has 2 rings (SSSR count). The summed E-state index contributed by atoms with van der Waals surface area (Å²) in [5.74, 6) is -1.78. The average Bonchev–Trinajstić information content (AvgIpc) is 2.18. The second kappa shape index (κ2) is 3.78. The van der Waals surface area contributed by atoms with E-state index in [9.17, 15) is 14.7 Å². The molecule has 1 heterocycles. The summed E-state index contributed by atoms with van der Waals surface area (Å²) in [5, 5.41) is 12.9. The van der Waals surface area contributed by atoms with Gasteiger partial charge >= 0.3 is 0 Å². The van der Waals surface area contributed by atoms with Gasteiger partial charge in [0.25, 0.3) is 5.91 Å². The molecule has 4 nitrogen and oxygen atoms in total. The van der Waals surface area contributed by atoms with Crippen molar-refractivity contribution in [2.45, 2.75) is 4.90 Å². The van der Waals surface area contributed by atoms with E-state index in [0.717, 1.165) is 22.7 Å². The summed E-state index contributed by atoms with van der Waals surface area (Å²) in [5.41, 5.74) is 0.697. The molecule has 0 saturated heterocycles. The summed E-state index contributed by atoms with van der Waals surface area (Å²) in [6.45, 7) is 0. The van der Waals surface area contributed by atoms with Crippen LogP contribution in [0.2, 0.25) is 0 Å². The maximum atomic E-state index is 11.4. The van der Waals surface area contributed by atoms with Crippen LogP contribution in [-0.2, 0) is 9.59 Å². The first-order valence-electron chi connectivity index (χ1n) is 4.18. The molecule has 0 fully saturated rings. The highest BCUT2D eigenvalue weighted by atomic mass is 32.2. The summed E-state index contributed by atoms with van der Waals surface area (Å²) >= 11 is 1.12. The van der Waals surface area contributed by atoms with Crippen molar-refractivity contribution >= 4 is 29.3 Å². The Hall–Kier alpha value is -1.75. The zero-order chi connectivity index (χ0) is 10.8. The minimum Gasteiger partial charge on any atom is -0.545 e. The zero-order valence-electron chi connectivity index (χ0n) is 7.52. The standard InChI is InChI=1S/C10H7NO3S/c12-9(13)5-8-10(14)11-6-3-1-2-4-7(6)15-8/h1-5H,(H,11,14)(H,12,13)/p-1/b8-5+. The Labute approximate surface area is 90.0 Å². The van der Waals surface area contributed by atoms with Gasteiger partial charge in [-0.1, -0.05) is 23.9 Å². The largest absolute Gasteiger partial charge is 0.545 e. The van der Waals surface area contributed by atoms with Crippen LogP contribution in [0.5, 0.6) is 0 Å². The van der Waals surface area contributed by atoms with Crippen LogP contribution in [0.4, 0.5) is 5.69 Å². The van der Waals surface area contributed by atoms with Gasteiger partial charge in [0.15, 0.2) is 0 Å².